The monoisotopic (exact) mass is 343 g/mol. The maximum absolute atomic E-state index is 5.92. The summed E-state index contributed by atoms with van der Waals surface area (Å²) >= 11 is 11.8. The van der Waals surface area contributed by atoms with Gasteiger partial charge in [-0.25, -0.2) is 0 Å². The van der Waals surface area contributed by atoms with Gasteiger partial charge < -0.3 is 4.74 Å². The van der Waals surface area contributed by atoms with Crippen LogP contribution in [0, 0.1) is 0 Å². The van der Waals surface area contributed by atoms with E-state index in [1.54, 1.807) is 4.68 Å². The number of ether oxygens (including phenoxy) is 1. The molecule has 0 saturated carbocycles. The lowest BCUT2D eigenvalue weighted by Crippen LogP contribution is -2.20. The van der Waals surface area contributed by atoms with Crippen molar-refractivity contribution >= 4 is 28.9 Å². The maximum atomic E-state index is 5.92. The van der Waals surface area contributed by atoms with Gasteiger partial charge in [0.05, 0.1) is 11.9 Å². The zero-order valence-corrected chi connectivity index (χ0v) is 13.4. The molecule has 3 aromatic rings. The van der Waals surface area contributed by atoms with E-state index in [1.807, 2.05) is 54.7 Å². The van der Waals surface area contributed by atoms with E-state index in [1.165, 1.54) is 0 Å². The quantitative estimate of drug-likeness (QED) is 0.687. The van der Waals surface area contributed by atoms with Gasteiger partial charge >= 0.3 is 6.01 Å². The fourth-order valence-corrected chi connectivity index (χ4v) is 2.61. The third-order valence-corrected chi connectivity index (χ3v) is 4.04. The highest BCUT2D eigenvalue weighted by atomic mass is 35.5. The largest absolute Gasteiger partial charge is 0.457 e. The van der Waals surface area contributed by atoms with Crippen molar-refractivity contribution in [2.75, 3.05) is 6.61 Å². The van der Waals surface area contributed by atoms with Gasteiger partial charge in [-0.2, -0.15) is 14.8 Å². The molecule has 6 heteroatoms. The molecule has 114 valence electrons. The van der Waals surface area contributed by atoms with Gasteiger partial charge in [0.1, 0.15) is 12.3 Å². The Labute approximate surface area is 142 Å². The summed E-state index contributed by atoms with van der Waals surface area (Å²) in [4.78, 5) is 4.46. The second-order valence-electron chi connectivity index (χ2n) is 5.10. The molecule has 2 heterocycles. The second kappa shape index (κ2) is 5.72. The van der Waals surface area contributed by atoms with E-state index in [0.717, 1.165) is 22.5 Å². The van der Waals surface area contributed by atoms with Gasteiger partial charge in [0.25, 0.3) is 0 Å². The molecule has 1 aliphatic heterocycles. The van der Waals surface area contributed by atoms with Gasteiger partial charge in [0, 0.05) is 21.2 Å². The molecule has 0 atom stereocenters. The van der Waals surface area contributed by atoms with Crippen LogP contribution in [0.2, 0.25) is 10.0 Å². The smallest absolute Gasteiger partial charge is 0.318 e. The minimum Gasteiger partial charge on any atom is -0.457 e. The first-order valence-electron chi connectivity index (χ1n) is 7.01. The van der Waals surface area contributed by atoms with Crippen LogP contribution in [-0.2, 0) is 0 Å². The minimum absolute atomic E-state index is 0.374. The highest BCUT2D eigenvalue weighted by Gasteiger charge is 2.18. The fraction of sp³-hybridized carbons (Fsp3) is 0.0588. The van der Waals surface area contributed by atoms with Crippen molar-refractivity contribution < 1.29 is 4.74 Å². The number of imidazole rings is 1. The Kier molecular flexibility index (Phi) is 3.56. The van der Waals surface area contributed by atoms with E-state index in [9.17, 15) is 0 Å². The van der Waals surface area contributed by atoms with Crippen LogP contribution in [0.3, 0.4) is 0 Å². The van der Waals surface area contributed by atoms with Crippen molar-refractivity contribution in [2.45, 2.75) is 0 Å². The lowest BCUT2D eigenvalue weighted by Gasteiger charge is -2.14. The van der Waals surface area contributed by atoms with E-state index in [2.05, 4.69) is 10.1 Å². The molecule has 0 aliphatic carbocycles. The molecule has 0 fully saturated rings. The van der Waals surface area contributed by atoms with Crippen LogP contribution in [0.25, 0.3) is 11.3 Å². The van der Waals surface area contributed by atoms with Gasteiger partial charge in [-0.1, -0.05) is 47.5 Å². The Morgan fingerprint density at radius 1 is 0.870 bits per heavy atom. The molecule has 1 aromatic heterocycles. The average Bonchev–Trinajstić information content (AvgIpc) is 2.99. The van der Waals surface area contributed by atoms with Crippen LogP contribution in [0.15, 0.2) is 59.8 Å². The Morgan fingerprint density at radius 2 is 1.48 bits per heavy atom. The average molecular weight is 344 g/mol. The summed E-state index contributed by atoms with van der Waals surface area (Å²) in [6.45, 7) is 0.374. The van der Waals surface area contributed by atoms with Gasteiger partial charge in [-0.3, -0.25) is 0 Å². The number of halogens is 2. The van der Waals surface area contributed by atoms with Crippen LogP contribution < -0.4 is 4.74 Å². The molecule has 0 saturated heterocycles. The number of fused-ring (bicyclic) bond motifs is 1. The van der Waals surface area contributed by atoms with Crippen molar-refractivity contribution in [3.05, 3.63) is 70.3 Å². The predicted molar refractivity (Wildman–Crippen MR) is 91.6 cm³/mol. The third-order valence-electron chi connectivity index (χ3n) is 3.54. The normalized spacial score (nSPS) is 13.2. The summed E-state index contributed by atoms with van der Waals surface area (Å²) in [6.07, 6.45) is 1.84. The van der Waals surface area contributed by atoms with Crippen molar-refractivity contribution in [3.8, 4) is 17.3 Å². The molecule has 0 N–H and O–H groups in total. The van der Waals surface area contributed by atoms with Crippen LogP contribution in [-0.4, -0.2) is 22.0 Å². The predicted octanol–water partition coefficient (Wildman–Crippen LogP) is 4.50. The van der Waals surface area contributed by atoms with Crippen molar-refractivity contribution in [1.82, 2.24) is 9.66 Å². The number of nitrogens with zero attached hydrogens (tertiary/aromatic N) is 3. The highest BCUT2D eigenvalue weighted by Crippen LogP contribution is 2.26. The molecular formula is C17H11Cl2N3O. The van der Waals surface area contributed by atoms with E-state index in [0.29, 0.717) is 22.7 Å². The summed E-state index contributed by atoms with van der Waals surface area (Å²) in [6, 6.07) is 15.5. The Morgan fingerprint density at radius 3 is 2.13 bits per heavy atom. The topological polar surface area (TPSA) is 39.4 Å². The van der Waals surface area contributed by atoms with E-state index in [4.69, 9.17) is 27.9 Å². The molecule has 0 unspecified atom stereocenters. The lowest BCUT2D eigenvalue weighted by atomic mass is 10.1. The SMILES string of the molecule is Clc1ccc(C2=Nn3cc(-c4ccc(Cl)cc4)nc3OC2)cc1. The number of rotatable bonds is 2. The van der Waals surface area contributed by atoms with Gasteiger partial charge in [0.15, 0.2) is 0 Å². The summed E-state index contributed by atoms with van der Waals surface area (Å²) in [7, 11) is 0. The summed E-state index contributed by atoms with van der Waals surface area (Å²) in [5.41, 5.74) is 3.55. The van der Waals surface area contributed by atoms with Gasteiger partial charge in [-0.05, 0) is 24.3 Å². The van der Waals surface area contributed by atoms with Crippen molar-refractivity contribution in [1.29, 1.82) is 0 Å². The van der Waals surface area contributed by atoms with E-state index < -0.39 is 0 Å². The first-order chi connectivity index (χ1) is 11.2. The van der Waals surface area contributed by atoms with Crippen LogP contribution in [0.5, 0.6) is 6.01 Å². The number of aromatic nitrogens is 2. The first-order valence-corrected chi connectivity index (χ1v) is 7.76. The molecule has 0 amide bonds. The summed E-state index contributed by atoms with van der Waals surface area (Å²) in [5.74, 6) is 0. The number of hydrogen-bond donors (Lipinski definition) is 0. The van der Waals surface area contributed by atoms with E-state index >= 15 is 0 Å². The Bertz CT molecular complexity index is 883. The molecular weight excluding hydrogens is 333 g/mol. The molecule has 0 spiro atoms. The summed E-state index contributed by atoms with van der Waals surface area (Å²) < 4.78 is 7.36. The third kappa shape index (κ3) is 2.83. The van der Waals surface area contributed by atoms with Crippen LogP contribution in [0.4, 0.5) is 0 Å². The molecule has 0 radical (unpaired) electrons. The molecule has 2 aromatic carbocycles. The van der Waals surface area contributed by atoms with Crippen LogP contribution >= 0.6 is 23.2 Å². The molecule has 4 nitrogen and oxygen atoms in total. The van der Waals surface area contributed by atoms with Crippen LogP contribution in [0.1, 0.15) is 5.56 Å². The zero-order chi connectivity index (χ0) is 15.8. The lowest BCUT2D eigenvalue weighted by molar-refractivity contribution is 0.319. The van der Waals surface area contributed by atoms with Gasteiger partial charge in [0.2, 0.25) is 0 Å². The summed E-state index contributed by atoms with van der Waals surface area (Å²) in [5, 5.41) is 5.97. The Balaban J connectivity index is 1.69. The maximum Gasteiger partial charge on any atom is 0.318 e. The fourth-order valence-electron chi connectivity index (χ4n) is 2.36. The number of benzene rings is 2. The van der Waals surface area contributed by atoms with Gasteiger partial charge in [-0.15, -0.1) is 0 Å². The standard InChI is InChI=1S/C17H11Cl2N3O/c18-13-5-1-11(2-6-13)15-9-22-17(20-15)23-10-16(21-22)12-3-7-14(19)8-4-12/h1-9H,10H2. The Hall–Kier alpha value is -2.30. The molecule has 1 aliphatic rings. The molecule has 23 heavy (non-hydrogen) atoms. The van der Waals surface area contributed by atoms with E-state index in [-0.39, 0.29) is 0 Å². The number of hydrogen-bond acceptors (Lipinski definition) is 3. The van der Waals surface area contributed by atoms with Crippen molar-refractivity contribution in [2.24, 2.45) is 5.10 Å². The first kappa shape index (κ1) is 14.3. The zero-order valence-electron chi connectivity index (χ0n) is 11.9. The minimum atomic E-state index is 0.374. The second-order valence-corrected chi connectivity index (χ2v) is 5.98. The molecule has 0 bridgehead atoms. The highest BCUT2D eigenvalue weighted by molar-refractivity contribution is 6.31. The van der Waals surface area contributed by atoms with Crippen molar-refractivity contribution in [3.63, 3.8) is 0 Å². The molecule has 4 rings (SSSR count).